The lowest BCUT2D eigenvalue weighted by atomic mass is 9.53. The SMILES string of the molecule is Cc1ccc(-c2ccc(=O)n(CC(=O)NC34CC5CC(CC(C5)C3)C4)n2)cc1. The maximum atomic E-state index is 12.8. The number of carbonyl (C=O) groups excluding carboxylic acids is 1. The van der Waals surface area contributed by atoms with Gasteiger partial charge in [0.25, 0.3) is 5.56 Å². The van der Waals surface area contributed by atoms with E-state index in [9.17, 15) is 9.59 Å². The van der Waals surface area contributed by atoms with Gasteiger partial charge in [-0.05, 0) is 69.3 Å². The van der Waals surface area contributed by atoms with Crippen molar-refractivity contribution in [3.05, 3.63) is 52.3 Å². The van der Waals surface area contributed by atoms with Gasteiger partial charge in [-0.3, -0.25) is 9.59 Å². The number of carbonyl (C=O) groups is 1. The van der Waals surface area contributed by atoms with Crippen molar-refractivity contribution in [2.45, 2.75) is 57.5 Å². The van der Waals surface area contributed by atoms with Gasteiger partial charge in [-0.1, -0.05) is 29.8 Å². The molecule has 1 aromatic carbocycles. The molecule has 0 saturated heterocycles. The summed E-state index contributed by atoms with van der Waals surface area (Å²) in [5.74, 6) is 2.24. The first-order valence-electron chi connectivity index (χ1n) is 10.4. The Bertz CT molecular complexity index is 925. The van der Waals surface area contributed by atoms with Crippen LogP contribution in [0.25, 0.3) is 11.3 Å². The molecule has 4 bridgehead atoms. The summed E-state index contributed by atoms with van der Waals surface area (Å²) < 4.78 is 1.30. The largest absolute Gasteiger partial charge is 0.349 e. The van der Waals surface area contributed by atoms with Gasteiger partial charge in [0.2, 0.25) is 5.91 Å². The van der Waals surface area contributed by atoms with Gasteiger partial charge < -0.3 is 5.32 Å². The highest BCUT2D eigenvalue weighted by atomic mass is 16.2. The van der Waals surface area contributed by atoms with Crippen molar-refractivity contribution in [2.75, 3.05) is 0 Å². The number of hydrogen-bond donors (Lipinski definition) is 1. The molecule has 4 aliphatic rings. The van der Waals surface area contributed by atoms with E-state index in [0.717, 1.165) is 42.6 Å². The van der Waals surface area contributed by atoms with Crippen molar-refractivity contribution in [1.29, 1.82) is 0 Å². The number of hydrogen-bond acceptors (Lipinski definition) is 3. The van der Waals surface area contributed by atoms with Gasteiger partial charge in [0.15, 0.2) is 0 Å². The van der Waals surface area contributed by atoms with E-state index in [2.05, 4.69) is 10.4 Å². The lowest BCUT2D eigenvalue weighted by Gasteiger charge is -2.56. The third-order valence-electron chi connectivity index (χ3n) is 6.95. The van der Waals surface area contributed by atoms with Crippen LogP contribution >= 0.6 is 0 Å². The second kappa shape index (κ2) is 6.57. The van der Waals surface area contributed by atoms with Gasteiger partial charge in [-0.25, -0.2) is 4.68 Å². The van der Waals surface area contributed by atoms with Gasteiger partial charge in [-0.2, -0.15) is 5.10 Å². The van der Waals surface area contributed by atoms with Gasteiger partial charge in [-0.15, -0.1) is 0 Å². The molecule has 0 unspecified atom stereocenters. The number of nitrogens with one attached hydrogen (secondary N) is 1. The lowest BCUT2D eigenvalue weighted by molar-refractivity contribution is -0.127. The molecule has 1 aromatic heterocycles. The van der Waals surface area contributed by atoms with Crippen LogP contribution in [0.3, 0.4) is 0 Å². The topological polar surface area (TPSA) is 64.0 Å². The molecule has 1 heterocycles. The summed E-state index contributed by atoms with van der Waals surface area (Å²) in [6.45, 7) is 2.02. The Hall–Kier alpha value is -2.43. The monoisotopic (exact) mass is 377 g/mol. The fraction of sp³-hybridized carbons (Fsp3) is 0.522. The zero-order valence-corrected chi connectivity index (χ0v) is 16.4. The third-order valence-corrected chi connectivity index (χ3v) is 6.95. The molecule has 6 rings (SSSR count). The van der Waals surface area contributed by atoms with Crippen LogP contribution in [-0.4, -0.2) is 21.2 Å². The molecule has 28 heavy (non-hydrogen) atoms. The second-order valence-electron chi connectivity index (χ2n) is 9.33. The molecule has 146 valence electrons. The van der Waals surface area contributed by atoms with Crippen LogP contribution in [0, 0.1) is 24.7 Å². The number of aryl methyl sites for hydroxylation is 1. The molecule has 4 aliphatic carbocycles. The normalized spacial score (nSPS) is 30.4. The fourth-order valence-corrected chi connectivity index (χ4v) is 6.18. The van der Waals surface area contributed by atoms with Crippen LogP contribution < -0.4 is 10.9 Å². The summed E-state index contributed by atoms with van der Waals surface area (Å²) in [6, 6.07) is 11.2. The summed E-state index contributed by atoms with van der Waals surface area (Å²) in [6.07, 6.45) is 7.35. The lowest BCUT2D eigenvalue weighted by Crippen LogP contribution is -2.60. The van der Waals surface area contributed by atoms with Gasteiger partial charge >= 0.3 is 0 Å². The first-order chi connectivity index (χ1) is 13.5. The van der Waals surface area contributed by atoms with E-state index in [1.807, 2.05) is 31.2 Å². The summed E-state index contributed by atoms with van der Waals surface area (Å²) in [5.41, 5.74) is 2.55. The molecule has 5 nitrogen and oxygen atoms in total. The van der Waals surface area contributed by atoms with E-state index in [4.69, 9.17) is 0 Å². The van der Waals surface area contributed by atoms with Crippen molar-refractivity contribution in [3.63, 3.8) is 0 Å². The van der Waals surface area contributed by atoms with Crippen LogP contribution in [0.15, 0.2) is 41.2 Å². The summed E-state index contributed by atoms with van der Waals surface area (Å²) in [4.78, 5) is 25.1. The van der Waals surface area contributed by atoms with Crippen LogP contribution in [0.5, 0.6) is 0 Å². The number of nitrogens with zero attached hydrogens (tertiary/aromatic N) is 2. The van der Waals surface area contributed by atoms with Gasteiger partial charge in [0.1, 0.15) is 6.54 Å². The van der Waals surface area contributed by atoms with Crippen molar-refractivity contribution >= 4 is 5.91 Å². The predicted molar refractivity (Wildman–Crippen MR) is 108 cm³/mol. The average molecular weight is 377 g/mol. The third kappa shape index (κ3) is 3.27. The molecule has 1 amide bonds. The minimum absolute atomic E-state index is 0.0136. The van der Waals surface area contributed by atoms with Gasteiger partial charge in [0.05, 0.1) is 5.69 Å². The number of benzene rings is 1. The molecule has 4 fully saturated rings. The summed E-state index contributed by atoms with van der Waals surface area (Å²) >= 11 is 0. The van der Waals surface area contributed by atoms with Crippen LogP contribution in [0.4, 0.5) is 0 Å². The minimum Gasteiger partial charge on any atom is -0.349 e. The zero-order valence-electron chi connectivity index (χ0n) is 16.4. The quantitative estimate of drug-likeness (QED) is 0.889. The Morgan fingerprint density at radius 2 is 1.64 bits per heavy atom. The maximum absolute atomic E-state index is 12.8. The smallest absolute Gasteiger partial charge is 0.267 e. The zero-order chi connectivity index (χ0) is 19.3. The molecule has 0 aliphatic heterocycles. The molecule has 2 aromatic rings. The van der Waals surface area contributed by atoms with Gasteiger partial charge in [0, 0.05) is 17.2 Å². The molecule has 5 heteroatoms. The van der Waals surface area contributed by atoms with E-state index in [1.54, 1.807) is 6.07 Å². The van der Waals surface area contributed by atoms with Crippen molar-refractivity contribution in [2.24, 2.45) is 17.8 Å². The number of amides is 1. The fourth-order valence-electron chi connectivity index (χ4n) is 6.18. The van der Waals surface area contributed by atoms with E-state index in [-0.39, 0.29) is 23.6 Å². The molecule has 0 radical (unpaired) electrons. The molecule has 0 atom stereocenters. The van der Waals surface area contributed by atoms with Crippen LogP contribution in [0.2, 0.25) is 0 Å². The molecule has 1 N–H and O–H groups in total. The Morgan fingerprint density at radius 3 is 2.25 bits per heavy atom. The van der Waals surface area contributed by atoms with E-state index >= 15 is 0 Å². The highest BCUT2D eigenvalue weighted by Gasteiger charge is 2.51. The van der Waals surface area contributed by atoms with E-state index in [0.29, 0.717) is 5.69 Å². The standard InChI is InChI=1S/C23H27N3O2/c1-15-2-4-19(5-3-15)20-6-7-22(28)26(25-20)14-21(27)24-23-11-16-8-17(12-23)10-18(9-16)13-23/h2-7,16-18H,8-14H2,1H3,(H,24,27). The maximum Gasteiger partial charge on any atom is 0.267 e. The van der Waals surface area contributed by atoms with Crippen molar-refractivity contribution in [1.82, 2.24) is 15.1 Å². The summed E-state index contributed by atoms with van der Waals surface area (Å²) in [7, 11) is 0. The van der Waals surface area contributed by atoms with E-state index < -0.39 is 0 Å². The van der Waals surface area contributed by atoms with Crippen LogP contribution in [-0.2, 0) is 11.3 Å². The Labute approximate surface area is 165 Å². The highest BCUT2D eigenvalue weighted by Crippen LogP contribution is 2.55. The molecular formula is C23H27N3O2. The number of aromatic nitrogens is 2. The molecule has 4 saturated carbocycles. The Morgan fingerprint density at radius 1 is 1.04 bits per heavy atom. The molecular weight excluding hydrogens is 350 g/mol. The second-order valence-corrected chi connectivity index (χ2v) is 9.33. The first-order valence-corrected chi connectivity index (χ1v) is 10.4. The first kappa shape index (κ1) is 17.7. The Balaban J connectivity index is 1.33. The predicted octanol–water partition coefficient (Wildman–Crippen LogP) is 3.30. The Kier molecular flexibility index (Phi) is 4.14. The average Bonchev–Trinajstić information content (AvgIpc) is 2.62. The number of rotatable bonds is 4. The van der Waals surface area contributed by atoms with Crippen molar-refractivity contribution < 1.29 is 4.79 Å². The molecule has 0 spiro atoms. The van der Waals surface area contributed by atoms with Crippen molar-refractivity contribution in [3.8, 4) is 11.3 Å². The van der Waals surface area contributed by atoms with E-state index in [1.165, 1.54) is 35.6 Å². The highest BCUT2D eigenvalue weighted by molar-refractivity contribution is 5.76. The van der Waals surface area contributed by atoms with Crippen LogP contribution in [0.1, 0.15) is 44.1 Å². The minimum atomic E-state index is -0.239. The summed E-state index contributed by atoms with van der Waals surface area (Å²) in [5, 5.41) is 7.78.